The summed E-state index contributed by atoms with van der Waals surface area (Å²) < 4.78 is 39.1. The molecule has 0 heterocycles. The van der Waals surface area contributed by atoms with Gasteiger partial charge in [0.1, 0.15) is 0 Å². The van der Waals surface area contributed by atoms with Crippen molar-refractivity contribution >= 4 is 5.97 Å². The Kier molecular flexibility index (Phi) is 4.15. The maximum Gasteiger partial charge on any atom is 0.417 e. The smallest absolute Gasteiger partial charge is 0.417 e. The van der Waals surface area contributed by atoms with E-state index in [9.17, 15) is 18.0 Å². The molecular formula is C6H9F3O4. The van der Waals surface area contributed by atoms with Crippen molar-refractivity contribution in [3.8, 4) is 0 Å². The van der Waals surface area contributed by atoms with Crippen LogP contribution in [-0.4, -0.2) is 41.2 Å². The summed E-state index contributed by atoms with van der Waals surface area (Å²) in [7, 11) is 0. The molecule has 0 aromatic heterocycles. The van der Waals surface area contributed by atoms with Crippen LogP contribution in [0.3, 0.4) is 0 Å². The molecule has 0 radical (unpaired) electrons. The van der Waals surface area contributed by atoms with Crippen LogP contribution < -0.4 is 0 Å². The molecule has 0 fully saturated rings. The van der Waals surface area contributed by atoms with Crippen LogP contribution >= 0.6 is 0 Å². The summed E-state index contributed by atoms with van der Waals surface area (Å²) in [5.74, 6) is -1.49. The second-order valence-corrected chi connectivity index (χ2v) is 2.18. The molecule has 78 valence electrons. The number of carbonyl (C=O) groups is 1. The molecule has 2 atom stereocenters. The summed E-state index contributed by atoms with van der Waals surface area (Å²) in [6.45, 7) is 1.20. The van der Waals surface area contributed by atoms with E-state index in [1.807, 2.05) is 0 Å². The van der Waals surface area contributed by atoms with Gasteiger partial charge in [-0.05, 0) is 6.92 Å². The fourth-order valence-corrected chi connectivity index (χ4v) is 0.536. The van der Waals surface area contributed by atoms with Crippen LogP contribution in [0.15, 0.2) is 0 Å². The summed E-state index contributed by atoms with van der Waals surface area (Å²) in [4.78, 5) is 10.5. The lowest BCUT2D eigenvalue weighted by Gasteiger charge is -2.18. The van der Waals surface area contributed by atoms with E-state index in [1.54, 1.807) is 0 Å². The van der Waals surface area contributed by atoms with Gasteiger partial charge in [0.05, 0.1) is 6.61 Å². The number of aliphatic hydroxyl groups excluding tert-OH is 2. The number of esters is 1. The molecule has 0 rings (SSSR count). The zero-order valence-corrected chi connectivity index (χ0v) is 6.71. The lowest BCUT2D eigenvalue weighted by Crippen LogP contribution is -2.44. The summed E-state index contributed by atoms with van der Waals surface area (Å²) in [6.07, 6.45) is -10.7. The van der Waals surface area contributed by atoms with Crippen LogP contribution in [0.2, 0.25) is 0 Å². The van der Waals surface area contributed by atoms with Crippen molar-refractivity contribution in [3.05, 3.63) is 0 Å². The number of halogens is 3. The van der Waals surface area contributed by atoms with Crippen LogP contribution in [0, 0.1) is 0 Å². The predicted octanol–water partition coefficient (Wildman–Crippen LogP) is -0.166. The third-order valence-corrected chi connectivity index (χ3v) is 1.16. The molecule has 0 unspecified atom stereocenters. The van der Waals surface area contributed by atoms with Crippen LogP contribution in [0.25, 0.3) is 0 Å². The monoisotopic (exact) mass is 202 g/mol. The largest absolute Gasteiger partial charge is 0.464 e. The van der Waals surface area contributed by atoms with E-state index >= 15 is 0 Å². The molecule has 0 aromatic rings. The second-order valence-electron chi connectivity index (χ2n) is 2.18. The molecule has 0 saturated carbocycles. The van der Waals surface area contributed by atoms with Gasteiger partial charge >= 0.3 is 12.1 Å². The Morgan fingerprint density at radius 2 is 1.92 bits per heavy atom. The Hall–Kier alpha value is -0.820. The van der Waals surface area contributed by atoms with Gasteiger partial charge in [0.25, 0.3) is 0 Å². The van der Waals surface area contributed by atoms with Crippen molar-refractivity contribution < 1.29 is 32.9 Å². The molecule has 7 heteroatoms. The van der Waals surface area contributed by atoms with E-state index in [2.05, 4.69) is 4.74 Å². The Balaban J connectivity index is 4.25. The molecule has 0 amide bonds. The minimum atomic E-state index is -5.04. The first kappa shape index (κ1) is 12.2. The standard InChI is InChI=1S/C6H9F3O4/c1-2-13-5(12)3(10)4(11)6(7,8)9/h3-4,10-11H,2H2,1H3/t3-,4-/m0/s1. The van der Waals surface area contributed by atoms with E-state index in [4.69, 9.17) is 10.2 Å². The number of hydrogen-bond acceptors (Lipinski definition) is 4. The van der Waals surface area contributed by atoms with Gasteiger partial charge in [-0.15, -0.1) is 0 Å². The van der Waals surface area contributed by atoms with Crippen LogP contribution in [0.1, 0.15) is 6.92 Å². The molecule has 0 aliphatic rings. The Labute approximate surface area is 71.9 Å². The van der Waals surface area contributed by atoms with Crippen molar-refractivity contribution in [2.75, 3.05) is 6.61 Å². The number of alkyl halides is 3. The van der Waals surface area contributed by atoms with E-state index in [0.29, 0.717) is 0 Å². The van der Waals surface area contributed by atoms with Crippen molar-refractivity contribution in [2.24, 2.45) is 0 Å². The van der Waals surface area contributed by atoms with Gasteiger partial charge in [-0.1, -0.05) is 0 Å². The molecule has 2 N–H and O–H groups in total. The van der Waals surface area contributed by atoms with Crippen LogP contribution in [-0.2, 0) is 9.53 Å². The van der Waals surface area contributed by atoms with E-state index < -0.39 is 24.4 Å². The highest BCUT2D eigenvalue weighted by atomic mass is 19.4. The Morgan fingerprint density at radius 3 is 2.23 bits per heavy atom. The summed E-state index contributed by atoms with van der Waals surface area (Å²) >= 11 is 0. The predicted molar refractivity (Wildman–Crippen MR) is 34.7 cm³/mol. The average molecular weight is 202 g/mol. The zero-order valence-electron chi connectivity index (χ0n) is 6.71. The lowest BCUT2D eigenvalue weighted by molar-refractivity contribution is -0.234. The van der Waals surface area contributed by atoms with Gasteiger partial charge < -0.3 is 14.9 Å². The highest BCUT2D eigenvalue weighted by Crippen LogP contribution is 2.22. The molecule has 0 saturated heterocycles. The summed E-state index contributed by atoms with van der Waals surface area (Å²) in [6, 6.07) is 0. The van der Waals surface area contributed by atoms with Crippen molar-refractivity contribution in [3.63, 3.8) is 0 Å². The van der Waals surface area contributed by atoms with Gasteiger partial charge in [0.15, 0.2) is 12.2 Å². The van der Waals surface area contributed by atoms with Gasteiger partial charge in [-0.3, -0.25) is 0 Å². The highest BCUT2D eigenvalue weighted by Gasteiger charge is 2.46. The van der Waals surface area contributed by atoms with E-state index in [-0.39, 0.29) is 6.61 Å². The van der Waals surface area contributed by atoms with E-state index in [1.165, 1.54) is 6.92 Å². The van der Waals surface area contributed by atoms with E-state index in [0.717, 1.165) is 0 Å². The first-order valence-electron chi connectivity index (χ1n) is 3.40. The summed E-state index contributed by atoms with van der Waals surface area (Å²) in [5.41, 5.74) is 0. The second kappa shape index (κ2) is 4.43. The highest BCUT2D eigenvalue weighted by molar-refractivity contribution is 5.75. The first-order chi connectivity index (χ1) is 5.80. The molecule has 0 spiro atoms. The SMILES string of the molecule is CCOC(=O)[C@@H](O)[C@H](O)C(F)(F)F. The molecule has 0 aliphatic heterocycles. The average Bonchev–Trinajstić information content (AvgIpc) is 2.00. The van der Waals surface area contributed by atoms with Gasteiger partial charge in [0.2, 0.25) is 0 Å². The topological polar surface area (TPSA) is 66.8 Å². The number of ether oxygens (including phenoxy) is 1. The molecule has 4 nitrogen and oxygen atoms in total. The number of carbonyl (C=O) groups excluding carboxylic acids is 1. The Morgan fingerprint density at radius 1 is 1.46 bits per heavy atom. The van der Waals surface area contributed by atoms with Crippen molar-refractivity contribution in [1.29, 1.82) is 0 Å². The lowest BCUT2D eigenvalue weighted by atomic mass is 10.2. The normalized spacial score (nSPS) is 16.5. The minimum Gasteiger partial charge on any atom is -0.464 e. The molecular weight excluding hydrogens is 193 g/mol. The maximum atomic E-state index is 11.7. The van der Waals surface area contributed by atoms with Crippen LogP contribution in [0.5, 0.6) is 0 Å². The zero-order chi connectivity index (χ0) is 10.6. The van der Waals surface area contributed by atoms with Crippen LogP contribution in [0.4, 0.5) is 13.2 Å². The first-order valence-corrected chi connectivity index (χ1v) is 3.40. The molecule has 0 aromatic carbocycles. The third kappa shape index (κ3) is 3.60. The van der Waals surface area contributed by atoms with Crippen molar-refractivity contribution in [2.45, 2.75) is 25.3 Å². The Bertz CT molecular complexity index is 179. The number of hydrogen-bond donors (Lipinski definition) is 2. The molecule has 0 bridgehead atoms. The third-order valence-electron chi connectivity index (χ3n) is 1.16. The van der Waals surface area contributed by atoms with Gasteiger partial charge in [-0.25, -0.2) is 4.79 Å². The van der Waals surface area contributed by atoms with Gasteiger partial charge in [0, 0.05) is 0 Å². The number of rotatable bonds is 3. The molecule has 0 aliphatic carbocycles. The quantitative estimate of drug-likeness (QED) is 0.624. The molecule has 13 heavy (non-hydrogen) atoms. The fraction of sp³-hybridized carbons (Fsp3) is 0.833. The van der Waals surface area contributed by atoms with Gasteiger partial charge in [-0.2, -0.15) is 13.2 Å². The maximum absolute atomic E-state index is 11.7. The number of aliphatic hydroxyl groups is 2. The van der Waals surface area contributed by atoms with Crippen molar-refractivity contribution in [1.82, 2.24) is 0 Å². The fourth-order valence-electron chi connectivity index (χ4n) is 0.536. The summed E-state index contributed by atoms with van der Waals surface area (Å²) in [5, 5.41) is 17.0. The minimum absolute atomic E-state index is 0.166.